The molecule has 0 spiro atoms. The van der Waals surface area contributed by atoms with Crippen molar-refractivity contribution in [2.75, 3.05) is 39.8 Å². The number of hydrogen-bond donors (Lipinski definition) is 2. The van der Waals surface area contributed by atoms with Gasteiger partial charge in [0.05, 0.1) is 13.2 Å². The van der Waals surface area contributed by atoms with Gasteiger partial charge in [-0.05, 0) is 36.4 Å². The van der Waals surface area contributed by atoms with E-state index in [1.165, 1.54) is 28.0 Å². The minimum Gasteiger partial charge on any atom is -0.370 e. The van der Waals surface area contributed by atoms with Gasteiger partial charge in [-0.2, -0.15) is 0 Å². The van der Waals surface area contributed by atoms with Crippen LogP contribution in [0.3, 0.4) is 0 Å². The number of rotatable bonds is 6. The molecule has 166 valence electrons. The van der Waals surface area contributed by atoms with Crippen LogP contribution in [-0.4, -0.2) is 59.1 Å². The number of sulfonamides is 1. The molecule has 1 aromatic heterocycles. The highest BCUT2D eigenvalue weighted by Gasteiger charge is 2.25. The molecule has 1 aromatic carbocycles. The van der Waals surface area contributed by atoms with Crippen molar-refractivity contribution in [3.8, 4) is 0 Å². The van der Waals surface area contributed by atoms with Crippen molar-refractivity contribution < 1.29 is 13.2 Å². The van der Waals surface area contributed by atoms with Crippen molar-refractivity contribution in [1.29, 1.82) is 0 Å². The van der Waals surface area contributed by atoms with E-state index in [-0.39, 0.29) is 36.6 Å². The molecule has 2 N–H and O–H groups in total. The van der Waals surface area contributed by atoms with Gasteiger partial charge in [0.2, 0.25) is 10.0 Å². The highest BCUT2D eigenvalue weighted by atomic mass is 127. The van der Waals surface area contributed by atoms with Crippen LogP contribution >= 0.6 is 35.3 Å². The Kier molecular flexibility index (Phi) is 9.54. The quantitative estimate of drug-likeness (QED) is 0.244. The van der Waals surface area contributed by atoms with Gasteiger partial charge in [-0.3, -0.25) is 4.99 Å². The molecule has 0 radical (unpaired) electrons. The summed E-state index contributed by atoms with van der Waals surface area (Å²) in [6, 6.07) is 9.74. The van der Waals surface area contributed by atoms with E-state index in [1.54, 1.807) is 24.6 Å². The van der Waals surface area contributed by atoms with Crippen LogP contribution < -0.4 is 10.0 Å². The Morgan fingerprint density at radius 2 is 2.10 bits per heavy atom. The number of nitrogens with zero attached hydrogens (tertiary/aromatic N) is 2. The largest absolute Gasteiger partial charge is 0.370 e. The molecule has 1 aliphatic heterocycles. The van der Waals surface area contributed by atoms with Crippen LogP contribution in [0.2, 0.25) is 0 Å². The lowest BCUT2D eigenvalue weighted by Gasteiger charge is -2.35. The summed E-state index contributed by atoms with van der Waals surface area (Å²) in [6.45, 7) is 6.98. The topological polar surface area (TPSA) is 83.0 Å². The molecule has 3 rings (SSSR count). The first-order valence-corrected chi connectivity index (χ1v) is 11.9. The molecule has 0 saturated carbocycles. The maximum Gasteiger partial charge on any atom is 0.250 e. The zero-order valence-electron chi connectivity index (χ0n) is 17.4. The fraction of sp³-hybridized carbons (Fsp3) is 0.450. The second kappa shape index (κ2) is 11.4. The van der Waals surface area contributed by atoms with Crippen molar-refractivity contribution in [2.45, 2.75) is 24.2 Å². The summed E-state index contributed by atoms with van der Waals surface area (Å²) in [5.74, 6) is 0.749. The number of benzene rings is 1. The summed E-state index contributed by atoms with van der Waals surface area (Å²) in [7, 11) is -1.71. The van der Waals surface area contributed by atoms with Crippen molar-refractivity contribution >= 4 is 51.3 Å². The van der Waals surface area contributed by atoms with E-state index in [0.29, 0.717) is 23.9 Å². The summed E-state index contributed by atoms with van der Waals surface area (Å²) in [6.07, 6.45) is -0.0137. The van der Waals surface area contributed by atoms with Crippen molar-refractivity contribution in [2.24, 2.45) is 4.99 Å². The number of aryl methyl sites for hydroxylation is 2. The predicted molar refractivity (Wildman–Crippen MR) is 132 cm³/mol. The van der Waals surface area contributed by atoms with E-state index in [9.17, 15) is 8.42 Å². The molecular formula is C20H29IN4O3S2. The molecule has 0 aliphatic carbocycles. The van der Waals surface area contributed by atoms with Crippen molar-refractivity contribution in [1.82, 2.24) is 14.9 Å². The zero-order valence-corrected chi connectivity index (χ0v) is 21.4. The Morgan fingerprint density at radius 3 is 2.77 bits per heavy atom. The van der Waals surface area contributed by atoms with Gasteiger partial charge in [-0.15, -0.1) is 35.3 Å². The monoisotopic (exact) mass is 564 g/mol. The third kappa shape index (κ3) is 6.39. The highest BCUT2D eigenvalue weighted by Crippen LogP contribution is 2.25. The average Bonchev–Trinajstić information content (AvgIpc) is 3.24. The molecule has 1 aliphatic rings. The number of hydrogen-bond acceptors (Lipinski definition) is 5. The lowest BCUT2D eigenvalue weighted by Crippen LogP contribution is -2.49. The zero-order chi connectivity index (χ0) is 20.9. The third-order valence-electron chi connectivity index (χ3n) is 4.81. The molecule has 1 unspecified atom stereocenters. The summed E-state index contributed by atoms with van der Waals surface area (Å²) in [4.78, 5) is 6.52. The van der Waals surface area contributed by atoms with E-state index in [1.807, 2.05) is 0 Å². The Labute approximate surface area is 200 Å². The van der Waals surface area contributed by atoms with E-state index in [4.69, 9.17) is 4.74 Å². The maximum absolute atomic E-state index is 12.2. The summed E-state index contributed by atoms with van der Waals surface area (Å²) < 4.78 is 33.3. The molecule has 0 amide bonds. The predicted octanol–water partition coefficient (Wildman–Crippen LogP) is 2.91. The van der Waals surface area contributed by atoms with Crippen LogP contribution in [0.25, 0.3) is 0 Å². The number of halogens is 1. The Morgan fingerprint density at radius 1 is 1.30 bits per heavy atom. The molecular weight excluding hydrogens is 535 g/mol. The SMILES string of the molecule is CN=C(NCCNS(=O)(=O)c1cccs1)N1CCOC(c2ccc(C)cc2C)C1.I. The number of morpholine rings is 1. The molecule has 1 atom stereocenters. The van der Waals surface area contributed by atoms with E-state index in [2.05, 4.69) is 52.0 Å². The Bertz CT molecular complexity index is 949. The fourth-order valence-corrected chi connectivity index (χ4v) is 5.47. The standard InChI is InChI=1S/C20H28N4O3S2.HI/c1-15-6-7-17(16(2)13-15)18-14-24(10-11-27-18)20(21-3)22-8-9-23-29(25,26)19-5-4-12-28-19;/h4-7,12-13,18,23H,8-11,14H2,1-3H3,(H,21,22);1H. The lowest BCUT2D eigenvalue weighted by molar-refractivity contribution is -0.00829. The van der Waals surface area contributed by atoms with Gasteiger partial charge >= 0.3 is 0 Å². The number of nitrogens with one attached hydrogen (secondary N) is 2. The van der Waals surface area contributed by atoms with Crippen molar-refractivity contribution in [3.63, 3.8) is 0 Å². The van der Waals surface area contributed by atoms with Gasteiger partial charge in [0.1, 0.15) is 10.3 Å². The van der Waals surface area contributed by atoms with Crippen LogP contribution in [0, 0.1) is 13.8 Å². The van der Waals surface area contributed by atoms with E-state index < -0.39 is 10.0 Å². The maximum atomic E-state index is 12.2. The van der Waals surface area contributed by atoms with Crippen LogP contribution in [0.15, 0.2) is 44.9 Å². The minimum atomic E-state index is -3.44. The van der Waals surface area contributed by atoms with Gasteiger partial charge in [-0.1, -0.05) is 29.8 Å². The van der Waals surface area contributed by atoms with Crippen LogP contribution in [-0.2, 0) is 14.8 Å². The summed E-state index contributed by atoms with van der Waals surface area (Å²) >= 11 is 1.20. The molecule has 2 aromatic rings. The van der Waals surface area contributed by atoms with E-state index in [0.717, 1.165) is 12.5 Å². The minimum absolute atomic E-state index is 0. The van der Waals surface area contributed by atoms with Gasteiger partial charge in [0, 0.05) is 26.7 Å². The molecule has 10 heteroatoms. The van der Waals surface area contributed by atoms with Gasteiger partial charge in [-0.25, -0.2) is 13.1 Å². The number of guanidine groups is 1. The first kappa shape index (κ1) is 25.1. The second-order valence-corrected chi connectivity index (χ2v) is 9.91. The van der Waals surface area contributed by atoms with Crippen LogP contribution in [0.4, 0.5) is 0 Å². The second-order valence-electron chi connectivity index (χ2n) is 6.97. The van der Waals surface area contributed by atoms with Crippen LogP contribution in [0.1, 0.15) is 22.8 Å². The molecule has 2 heterocycles. The lowest BCUT2D eigenvalue weighted by atomic mass is 10.00. The molecule has 7 nitrogen and oxygen atoms in total. The third-order valence-corrected chi connectivity index (χ3v) is 7.67. The highest BCUT2D eigenvalue weighted by molar-refractivity contribution is 14.0. The van der Waals surface area contributed by atoms with Crippen LogP contribution in [0.5, 0.6) is 0 Å². The van der Waals surface area contributed by atoms with Gasteiger partial charge in [0.15, 0.2) is 5.96 Å². The summed E-state index contributed by atoms with van der Waals surface area (Å²) in [5, 5.41) is 5.00. The summed E-state index contributed by atoms with van der Waals surface area (Å²) in [5.41, 5.74) is 3.66. The Hall–Kier alpha value is -1.21. The van der Waals surface area contributed by atoms with Crippen molar-refractivity contribution in [3.05, 3.63) is 52.4 Å². The van der Waals surface area contributed by atoms with Gasteiger partial charge < -0.3 is 15.0 Å². The first-order chi connectivity index (χ1) is 13.9. The van der Waals surface area contributed by atoms with E-state index >= 15 is 0 Å². The van der Waals surface area contributed by atoms with Gasteiger partial charge in [0.25, 0.3) is 0 Å². The molecule has 0 bridgehead atoms. The average molecular weight is 565 g/mol. The number of thiophene rings is 1. The number of aliphatic imine (C=N–C) groups is 1. The number of ether oxygens (including phenoxy) is 1. The smallest absolute Gasteiger partial charge is 0.250 e. The molecule has 1 fully saturated rings. The Balaban J connectivity index is 0.00000320. The fourth-order valence-electron chi connectivity index (χ4n) is 3.40. The molecule has 1 saturated heterocycles. The normalized spacial score (nSPS) is 17.5. The first-order valence-electron chi connectivity index (χ1n) is 9.58. The molecule has 30 heavy (non-hydrogen) atoms.